The molecule has 0 amide bonds. The summed E-state index contributed by atoms with van der Waals surface area (Å²) in [5, 5.41) is 3.39. The van der Waals surface area contributed by atoms with Crippen molar-refractivity contribution in [2.45, 2.75) is 6.18 Å². The van der Waals surface area contributed by atoms with Gasteiger partial charge in [0.25, 0.3) is 0 Å². The fourth-order valence-corrected chi connectivity index (χ4v) is 2.52. The number of alkyl halides is 3. The molecule has 3 aromatic heterocycles. The highest BCUT2D eigenvalue weighted by Gasteiger charge is 2.38. The summed E-state index contributed by atoms with van der Waals surface area (Å²) >= 11 is 0. The molecule has 0 radical (unpaired) electrons. The SMILES string of the molecule is Cn1c(-c2cc(-c3noc(C(F)(F)F)n3)ccn2)nc2ccccc21. The molecule has 4 aromatic rings. The van der Waals surface area contributed by atoms with E-state index in [1.807, 2.05) is 35.9 Å². The van der Waals surface area contributed by atoms with E-state index in [0.29, 0.717) is 17.1 Å². The number of imidazole rings is 1. The Kier molecular flexibility index (Phi) is 3.31. The van der Waals surface area contributed by atoms with E-state index in [2.05, 4.69) is 24.6 Å². The van der Waals surface area contributed by atoms with Crippen molar-refractivity contribution in [3.8, 4) is 22.9 Å². The average molecular weight is 345 g/mol. The summed E-state index contributed by atoms with van der Waals surface area (Å²) < 4.78 is 44.0. The molecule has 0 N–H and O–H groups in total. The zero-order valence-electron chi connectivity index (χ0n) is 12.8. The number of pyridine rings is 1. The maximum atomic E-state index is 12.6. The van der Waals surface area contributed by atoms with Crippen LogP contribution in [0.4, 0.5) is 13.2 Å². The quantitative estimate of drug-likeness (QED) is 0.554. The van der Waals surface area contributed by atoms with Gasteiger partial charge >= 0.3 is 12.1 Å². The topological polar surface area (TPSA) is 69.6 Å². The number of fused-ring (bicyclic) bond motifs is 1. The first-order valence-corrected chi connectivity index (χ1v) is 7.22. The first-order chi connectivity index (χ1) is 11.9. The van der Waals surface area contributed by atoms with Crippen molar-refractivity contribution < 1.29 is 17.7 Å². The largest absolute Gasteiger partial charge is 0.471 e. The number of para-hydroxylation sites is 2. The summed E-state index contributed by atoms with van der Waals surface area (Å²) in [6.07, 6.45) is -3.22. The number of nitrogens with zero attached hydrogens (tertiary/aromatic N) is 5. The third kappa shape index (κ3) is 2.63. The average Bonchev–Trinajstić information content (AvgIpc) is 3.21. The van der Waals surface area contributed by atoms with Crippen LogP contribution < -0.4 is 0 Å². The van der Waals surface area contributed by atoms with Gasteiger partial charge in [-0.2, -0.15) is 18.2 Å². The summed E-state index contributed by atoms with van der Waals surface area (Å²) in [6.45, 7) is 0. The van der Waals surface area contributed by atoms with Crippen molar-refractivity contribution in [2.75, 3.05) is 0 Å². The molecule has 0 aliphatic carbocycles. The van der Waals surface area contributed by atoms with E-state index in [1.165, 1.54) is 12.3 Å². The van der Waals surface area contributed by atoms with Crippen LogP contribution >= 0.6 is 0 Å². The summed E-state index contributed by atoms with van der Waals surface area (Å²) in [6, 6.07) is 10.7. The lowest BCUT2D eigenvalue weighted by Gasteiger charge is -2.03. The van der Waals surface area contributed by atoms with Gasteiger partial charge in [0.2, 0.25) is 5.82 Å². The van der Waals surface area contributed by atoms with Gasteiger partial charge in [0.05, 0.1) is 11.0 Å². The molecule has 0 atom stereocenters. The molecule has 0 unspecified atom stereocenters. The predicted octanol–water partition coefficient (Wildman–Crippen LogP) is 3.70. The third-order valence-electron chi connectivity index (χ3n) is 3.70. The molecule has 0 fully saturated rings. The molecule has 0 saturated carbocycles. The van der Waals surface area contributed by atoms with E-state index in [0.717, 1.165) is 11.0 Å². The first kappa shape index (κ1) is 15.3. The van der Waals surface area contributed by atoms with Crippen LogP contribution in [0, 0.1) is 0 Å². The number of hydrogen-bond acceptors (Lipinski definition) is 5. The molecule has 6 nitrogen and oxygen atoms in total. The zero-order valence-corrected chi connectivity index (χ0v) is 12.8. The van der Waals surface area contributed by atoms with E-state index >= 15 is 0 Å². The Morgan fingerprint density at radius 3 is 2.60 bits per heavy atom. The molecular formula is C16H10F3N5O. The van der Waals surface area contributed by atoms with Gasteiger partial charge in [0.15, 0.2) is 5.82 Å². The van der Waals surface area contributed by atoms with Crippen LogP contribution in [0.25, 0.3) is 33.9 Å². The van der Waals surface area contributed by atoms with Crippen LogP contribution in [-0.4, -0.2) is 24.7 Å². The highest BCUT2D eigenvalue weighted by molar-refractivity contribution is 5.80. The Bertz CT molecular complexity index is 1070. The van der Waals surface area contributed by atoms with Crippen molar-refractivity contribution >= 4 is 11.0 Å². The second-order valence-electron chi connectivity index (χ2n) is 5.33. The fraction of sp³-hybridized carbons (Fsp3) is 0.125. The molecule has 0 aliphatic rings. The van der Waals surface area contributed by atoms with Crippen LogP contribution in [0.2, 0.25) is 0 Å². The Morgan fingerprint density at radius 2 is 1.88 bits per heavy atom. The van der Waals surface area contributed by atoms with Crippen molar-refractivity contribution in [1.29, 1.82) is 0 Å². The molecule has 0 bridgehead atoms. The number of hydrogen-bond donors (Lipinski definition) is 0. The maximum Gasteiger partial charge on any atom is 0.471 e. The number of aromatic nitrogens is 5. The molecule has 0 spiro atoms. The fourth-order valence-electron chi connectivity index (χ4n) is 2.52. The molecular weight excluding hydrogens is 335 g/mol. The second kappa shape index (κ2) is 5.40. The molecule has 0 aliphatic heterocycles. The summed E-state index contributed by atoms with van der Waals surface area (Å²) in [4.78, 5) is 12.2. The van der Waals surface area contributed by atoms with E-state index < -0.39 is 12.1 Å². The molecule has 4 rings (SSSR count). The second-order valence-corrected chi connectivity index (χ2v) is 5.33. The molecule has 1 aromatic carbocycles. The molecule has 3 heterocycles. The molecule has 126 valence electrons. The summed E-state index contributed by atoms with van der Waals surface area (Å²) in [5.41, 5.74) is 2.57. The monoisotopic (exact) mass is 345 g/mol. The Morgan fingerprint density at radius 1 is 1.08 bits per heavy atom. The highest BCUT2D eigenvalue weighted by Crippen LogP contribution is 2.30. The molecule has 9 heteroatoms. The first-order valence-electron chi connectivity index (χ1n) is 7.22. The normalized spacial score (nSPS) is 12.0. The predicted molar refractivity (Wildman–Crippen MR) is 82.2 cm³/mol. The van der Waals surface area contributed by atoms with Gasteiger partial charge in [-0.3, -0.25) is 4.98 Å². The van der Waals surface area contributed by atoms with Gasteiger partial charge in [-0.25, -0.2) is 4.98 Å². The smallest absolute Gasteiger partial charge is 0.329 e. The van der Waals surface area contributed by atoms with Crippen LogP contribution in [0.15, 0.2) is 47.1 Å². The van der Waals surface area contributed by atoms with Gasteiger partial charge in [-0.15, -0.1) is 0 Å². The van der Waals surface area contributed by atoms with Crippen molar-refractivity contribution in [1.82, 2.24) is 24.7 Å². The minimum absolute atomic E-state index is 0.158. The third-order valence-corrected chi connectivity index (χ3v) is 3.70. The Labute approximate surface area is 138 Å². The van der Waals surface area contributed by atoms with Crippen LogP contribution in [0.3, 0.4) is 0 Å². The van der Waals surface area contributed by atoms with E-state index in [4.69, 9.17) is 0 Å². The number of aryl methyl sites for hydroxylation is 1. The Balaban J connectivity index is 1.79. The van der Waals surface area contributed by atoms with E-state index in [1.54, 1.807) is 6.07 Å². The van der Waals surface area contributed by atoms with Gasteiger partial charge in [0, 0.05) is 18.8 Å². The molecule has 0 saturated heterocycles. The zero-order chi connectivity index (χ0) is 17.6. The maximum absolute atomic E-state index is 12.6. The van der Waals surface area contributed by atoms with E-state index in [-0.39, 0.29) is 5.82 Å². The van der Waals surface area contributed by atoms with Crippen LogP contribution in [0.5, 0.6) is 0 Å². The minimum atomic E-state index is -4.68. The van der Waals surface area contributed by atoms with Crippen LogP contribution in [-0.2, 0) is 13.2 Å². The van der Waals surface area contributed by atoms with Crippen molar-refractivity contribution in [2.24, 2.45) is 7.05 Å². The Hall–Kier alpha value is -3.23. The molecule has 25 heavy (non-hydrogen) atoms. The van der Waals surface area contributed by atoms with Crippen LogP contribution in [0.1, 0.15) is 5.89 Å². The van der Waals surface area contributed by atoms with Gasteiger partial charge in [-0.1, -0.05) is 17.3 Å². The van der Waals surface area contributed by atoms with Crippen molar-refractivity contribution in [3.63, 3.8) is 0 Å². The number of rotatable bonds is 2. The lowest BCUT2D eigenvalue weighted by atomic mass is 10.2. The summed E-state index contributed by atoms with van der Waals surface area (Å²) in [5.74, 6) is -0.957. The lowest BCUT2D eigenvalue weighted by Crippen LogP contribution is -2.04. The number of halogens is 3. The lowest BCUT2D eigenvalue weighted by molar-refractivity contribution is -0.159. The number of benzene rings is 1. The van der Waals surface area contributed by atoms with Crippen molar-refractivity contribution in [3.05, 3.63) is 48.5 Å². The van der Waals surface area contributed by atoms with Gasteiger partial charge in [-0.05, 0) is 24.3 Å². The summed E-state index contributed by atoms with van der Waals surface area (Å²) in [7, 11) is 1.84. The standard InChI is InChI=1S/C16H10F3N5O/c1-24-12-5-3-2-4-10(12)21-14(24)11-8-9(6-7-20-11)13-22-15(25-23-13)16(17,18)19/h2-8H,1H3. The van der Waals surface area contributed by atoms with E-state index in [9.17, 15) is 13.2 Å². The van der Waals surface area contributed by atoms with Gasteiger partial charge < -0.3 is 9.09 Å². The van der Waals surface area contributed by atoms with Gasteiger partial charge in [0.1, 0.15) is 5.69 Å². The highest BCUT2D eigenvalue weighted by atomic mass is 19.4. The minimum Gasteiger partial charge on any atom is -0.329 e.